The van der Waals surface area contributed by atoms with Crippen LogP contribution in [-0.4, -0.2) is 19.0 Å². The lowest BCUT2D eigenvalue weighted by Gasteiger charge is -2.24. The molecule has 98 valence electrons. The molecule has 0 fully saturated rings. The highest BCUT2D eigenvalue weighted by atomic mass is 79.9. The number of halogens is 1. The maximum atomic E-state index is 11.8. The smallest absolute Gasteiger partial charge is 0.198 e. The Labute approximate surface area is 120 Å². The number of hydrogen-bond acceptors (Lipinski definition) is 3. The molecule has 1 aliphatic carbocycles. The first-order valence-corrected chi connectivity index (χ1v) is 7.79. The minimum Gasteiger partial charge on any atom is -0.373 e. The van der Waals surface area contributed by atoms with Crippen molar-refractivity contribution in [3.05, 3.63) is 32.9 Å². The van der Waals surface area contributed by atoms with Crippen molar-refractivity contribution < 1.29 is 9.53 Å². The Hall–Kier alpha value is -0.450. The second-order valence-electron chi connectivity index (χ2n) is 4.72. The normalized spacial score (nSPS) is 23.2. The number of ketones is 1. The highest BCUT2D eigenvalue weighted by Gasteiger charge is 2.19. The second kappa shape index (κ2) is 6.64. The highest BCUT2D eigenvalue weighted by molar-refractivity contribution is 9.11. The zero-order chi connectivity index (χ0) is 13.0. The molecule has 0 N–H and O–H groups in total. The molecule has 4 heteroatoms. The molecule has 2 unspecified atom stereocenters. The van der Waals surface area contributed by atoms with Crippen LogP contribution in [0.15, 0.2) is 28.1 Å². The van der Waals surface area contributed by atoms with E-state index in [1.807, 2.05) is 12.1 Å². The Bertz CT molecular complexity index is 439. The van der Waals surface area contributed by atoms with Crippen LogP contribution in [0.2, 0.25) is 0 Å². The van der Waals surface area contributed by atoms with Gasteiger partial charge in [-0.2, -0.15) is 0 Å². The van der Waals surface area contributed by atoms with E-state index in [1.54, 1.807) is 0 Å². The van der Waals surface area contributed by atoms with Gasteiger partial charge in [-0.3, -0.25) is 4.79 Å². The van der Waals surface area contributed by atoms with Crippen molar-refractivity contribution in [3.63, 3.8) is 0 Å². The van der Waals surface area contributed by atoms with Gasteiger partial charge in [0.05, 0.1) is 15.3 Å². The summed E-state index contributed by atoms with van der Waals surface area (Å²) in [6.45, 7) is 3.12. The SMILES string of the molecule is CC1CC=CCC1COCC(=O)c1ccc(Br)s1. The fourth-order valence-electron chi connectivity index (χ4n) is 2.08. The highest BCUT2D eigenvalue weighted by Crippen LogP contribution is 2.25. The molecule has 18 heavy (non-hydrogen) atoms. The van der Waals surface area contributed by atoms with Crippen LogP contribution in [0, 0.1) is 11.8 Å². The van der Waals surface area contributed by atoms with Crippen LogP contribution in [0.25, 0.3) is 0 Å². The van der Waals surface area contributed by atoms with Gasteiger partial charge in [0, 0.05) is 0 Å². The van der Waals surface area contributed by atoms with Crippen molar-refractivity contribution >= 4 is 33.0 Å². The summed E-state index contributed by atoms with van der Waals surface area (Å²) in [6.07, 6.45) is 6.64. The summed E-state index contributed by atoms with van der Waals surface area (Å²) in [5.74, 6) is 1.28. The lowest BCUT2D eigenvalue weighted by molar-refractivity contribution is 0.0606. The van der Waals surface area contributed by atoms with Crippen LogP contribution in [0.3, 0.4) is 0 Å². The third-order valence-corrected chi connectivity index (χ3v) is 5.00. The molecule has 0 aromatic carbocycles. The quantitative estimate of drug-likeness (QED) is 0.594. The molecule has 0 bridgehead atoms. The fraction of sp³-hybridized carbons (Fsp3) is 0.500. The Morgan fingerprint density at radius 3 is 2.89 bits per heavy atom. The predicted octanol–water partition coefficient (Wildman–Crippen LogP) is 4.31. The van der Waals surface area contributed by atoms with Crippen molar-refractivity contribution in [2.24, 2.45) is 11.8 Å². The molecule has 2 atom stereocenters. The Morgan fingerprint density at radius 1 is 1.44 bits per heavy atom. The van der Waals surface area contributed by atoms with Gasteiger partial charge in [0.1, 0.15) is 6.61 Å². The molecule has 0 aliphatic heterocycles. The van der Waals surface area contributed by atoms with Gasteiger partial charge in [-0.05, 0) is 52.7 Å². The largest absolute Gasteiger partial charge is 0.373 e. The third kappa shape index (κ3) is 3.77. The van der Waals surface area contributed by atoms with Gasteiger partial charge in [0.2, 0.25) is 0 Å². The molecular weight excluding hydrogens is 312 g/mol. The maximum Gasteiger partial charge on any atom is 0.198 e. The molecule has 0 saturated carbocycles. The maximum absolute atomic E-state index is 11.8. The van der Waals surface area contributed by atoms with Crippen molar-refractivity contribution in [1.82, 2.24) is 0 Å². The van der Waals surface area contributed by atoms with E-state index in [4.69, 9.17) is 4.74 Å². The van der Waals surface area contributed by atoms with Gasteiger partial charge in [-0.25, -0.2) is 0 Å². The van der Waals surface area contributed by atoms with E-state index in [0.29, 0.717) is 18.4 Å². The number of ether oxygens (including phenoxy) is 1. The zero-order valence-electron chi connectivity index (χ0n) is 10.4. The average Bonchev–Trinajstić information content (AvgIpc) is 2.78. The second-order valence-corrected chi connectivity index (χ2v) is 7.19. The first-order chi connectivity index (χ1) is 8.66. The first-order valence-electron chi connectivity index (χ1n) is 6.18. The summed E-state index contributed by atoms with van der Waals surface area (Å²) >= 11 is 4.82. The summed E-state index contributed by atoms with van der Waals surface area (Å²) in [4.78, 5) is 12.6. The molecule has 1 heterocycles. The van der Waals surface area contributed by atoms with E-state index in [-0.39, 0.29) is 12.4 Å². The molecule has 1 aromatic rings. The summed E-state index contributed by atoms with van der Waals surface area (Å²) in [7, 11) is 0. The van der Waals surface area contributed by atoms with Gasteiger partial charge in [-0.15, -0.1) is 11.3 Å². The predicted molar refractivity (Wildman–Crippen MR) is 78.2 cm³/mol. The Kier molecular flexibility index (Phi) is 5.15. The minimum atomic E-state index is 0.0738. The summed E-state index contributed by atoms with van der Waals surface area (Å²) in [5.41, 5.74) is 0. The number of rotatable bonds is 5. The van der Waals surface area contributed by atoms with Crippen molar-refractivity contribution in [3.8, 4) is 0 Å². The monoisotopic (exact) mass is 328 g/mol. The number of thiophene rings is 1. The molecule has 0 saturated heterocycles. The lowest BCUT2D eigenvalue weighted by atomic mass is 9.85. The number of hydrogen-bond donors (Lipinski definition) is 0. The van der Waals surface area contributed by atoms with Crippen molar-refractivity contribution in [2.45, 2.75) is 19.8 Å². The lowest BCUT2D eigenvalue weighted by Crippen LogP contribution is -2.21. The van der Waals surface area contributed by atoms with E-state index in [9.17, 15) is 4.79 Å². The molecule has 2 rings (SSSR count). The van der Waals surface area contributed by atoms with Gasteiger partial charge < -0.3 is 4.74 Å². The zero-order valence-corrected chi connectivity index (χ0v) is 12.8. The Balaban J connectivity index is 1.75. The fourth-order valence-corrected chi connectivity index (χ4v) is 3.39. The van der Waals surface area contributed by atoms with Crippen LogP contribution in [0.5, 0.6) is 0 Å². The van der Waals surface area contributed by atoms with E-state index in [1.165, 1.54) is 11.3 Å². The van der Waals surface area contributed by atoms with Crippen LogP contribution in [-0.2, 0) is 4.74 Å². The van der Waals surface area contributed by atoms with E-state index < -0.39 is 0 Å². The minimum absolute atomic E-state index is 0.0738. The first kappa shape index (κ1) is 14.0. The average molecular weight is 329 g/mol. The molecule has 0 amide bonds. The molecule has 0 spiro atoms. The summed E-state index contributed by atoms with van der Waals surface area (Å²) in [5, 5.41) is 0. The molecular formula is C14H17BrO2S. The van der Waals surface area contributed by atoms with Crippen LogP contribution >= 0.6 is 27.3 Å². The molecule has 0 radical (unpaired) electrons. The van der Waals surface area contributed by atoms with E-state index in [0.717, 1.165) is 21.5 Å². The van der Waals surface area contributed by atoms with Gasteiger partial charge in [0.25, 0.3) is 0 Å². The topological polar surface area (TPSA) is 26.3 Å². The number of carbonyl (C=O) groups is 1. The van der Waals surface area contributed by atoms with E-state index >= 15 is 0 Å². The number of Topliss-reactive ketones (excluding diaryl/α,β-unsaturated/α-hetero) is 1. The standard InChI is InChI=1S/C14H17BrO2S/c1-10-4-2-3-5-11(10)8-17-9-12(16)13-6-7-14(15)18-13/h2-3,6-7,10-11H,4-5,8-9H2,1H3. The number of carbonyl (C=O) groups excluding carboxylic acids is 1. The van der Waals surface area contributed by atoms with Crippen LogP contribution < -0.4 is 0 Å². The van der Waals surface area contributed by atoms with Gasteiger partial charge >= 0.3 is 0 Å². The summed E-state index contributed by atoms with van der Waals surface area (Å²) in [6, 6.07) is 3.73. The molecule has 2 nitrogen and oxygen atoms in total. The number of allylic oxidation sites excluding steroid dienone is 2. The van der Waals surface area contributed by atoms with Crippen molar-refractivity contribution in [1.29, 1.82) is 0 Å². The summed E-state index contributed by atoms with van der Waals surface area (Å²) < 4.78 is 6.56. The van der Waals surface area contributed by atoms with Crippen LogP contribution in [0.4, 0.5) is 0 Å². The van der Waals surface area contributed by atoms with Gasteiger partial charge in [-0.1, -0.05) is 19.1 Å². The molecule has 1 aromatic heterocycles. The van der Waals surface area contributed by atoms with E-state index in [2.05, 4.69) is 35.0 Å². The molecule has 1 aliphatic rings. The van der Waals surface area contributed by atoms with Crippen molar-refractivity contribution in [2.75, 3.05) is 13.2 Å². The Morgan fingerprint density at radius 2 is 2.22 bits per heavy atom. The third-order valence-electron chi connectivity index (χ3n) is 3.33. The van der Waals surface area contributed by atoms with Crippen LogP contribution in [0.1, 0.15) is 29.4 Å². The van der Waals surface area contributed by atoms with Gasteiger partial charge in [0.15, 0.2) is 5.78 Å².